The third-order valence-corrected chi connectivity index (χ3v) is 4.09. The van der Waals surface area contributed by atoms with E-state index in [-0.39, 0.29) is 10.9 Å². The number of hydrogen-bond acceptors (Lipinski definition) is 4. The van der Waals surface area contributed by atoms with Crippen molar-refractivity contribution in [2.45, 2.75) is 18.7 Å². The van der Waals surface area contributed by atoms with E-state index in [0.717, 1.165) is 0 Å². The Bertz CT molecular complexity index is 468. The number of nitro groups is 1. The summed E-state index contributed by atoms with van der Waals surface area (Å²) in [5.41, 5.74) is 0.568. The summed E-state index contributed by atoms with van der Waals surface area (Å²) >= 11 is 5.81. The van der Waals surface area contributed by atoms with Gasteiger partial charge in [0.2, 0.25) is 0 Å². The first kappa shape index (κ1) is 15.1. The number of benzene rings is 1. The summed E-state index contributed by atoms with van der Waals surface area (Å²) in [5.74, 6) is 0. The van der Waals surface area contributed by atoms with E-state index in [2.05, 4.69) is 5.32 Å². The van der Waals surface area contributed by atoms with Gasteiger partial charge < -0.3 is 5.32 Å². The molecule has 100 valence electrons. The average Bonchev–Trinajstić information content (AvgIpc) is 2.28. The molecule has 0 saturated carbocycles. The predicted octanol–water partition coefficient (Wildman–Crippen LogP) is 2.10. The maximum Gasteiger partial charge on any atom is 0.273 e. The van der Waals surface area contributed by atoms with Crippen LogP contribution in [0.25, 0.3) is 0 Å². The van der Waals surface area contributed by atoms with Gasteiger partial charge in [0.05, 0.1) is 4.92 Å². The van der Waals surface area contributed by atoms with E-state index in [4.69, 9.17) is 11.6 Å². The lowest BCUT2D eigenvalue weighted by molar-refractivity contribution is -0.385. The number of halogens is 1. The van der Waals surface area contributed by atoms with Crippen LogP contribution < -0.4 is 5.32 Å². The van der Waals surface area contributed by atoms with Gasteiger partial charge >= 0.3 is 0 Å². The standard InChI is InChI=1S/C11H15ClN2O3S/c1-8(18(2)17)6-13-7-9-5-10(12)3-4-11(9)14(15)16/h3-5,8,13H,6-7H2,1-2H3. The smallest absolute Gasteiger partial charge is 0.273 e. The molecule has 7 heteroatoms. The zero-order chi connectivity index (χ0) is 13.7. The van der Waals surface area contributed by atoms with Gasteiger partial charge in [0.1, 0.15) is 0 Å². The highest BCUT2D eigenvalue weighted by Gasteiger charge is 2.14. The zero-order valence-electron chi connectivity index (χ0n) is 10.2. The van der Waals surface area contributed by atoms with Crippen molar-refractivity contribution in [1.82, 2.24) is 5.32 Å². The minimum Gasteiger partial charge on any atom is -0.311 e. The van der Waals surface area contributed by atoms with Crippen LogP contribution in [0.1, 0.15) is 12.5 Å². The van der Waals surface area contributed by atoms with Crippen molar-refractivity contribution in [3.05, 3.63) is 38.9 Å². The van der Waals surface area contributed by atoms with Crippen LogP contribution in [-0.4, -0.2) is 27.2 Å². The molecule has 0 aromatic heterocycles. The summed E-state index contributed by atoms with van der Waals surface area (Å²) in [6.07, 6.45) is 1.63. The van der Waals surface area contributed by atoms with Crippen LogP contribution in [0.4, 0.5) is 5.69 Å². The molecule has 5 nitrogen and oxygen atoms in total. The Hall–Kier alpha value is -0.980. The van der Waals surface area contributed by atoms with E-state index in [0.29, 0.717) is 23.7 Å². The summed E-state index contributed by atoms with van der Waals surface area (Å²) in [5, 5.41) is 14.3. The molecule has 1 N–H and O–H groups in total. The van der Waals surface area contributed by atoms with Crippen LogP contribution in [0.5, 0.6) is 0 Å². The van der Waals surface area contributed by atoms with E-state index in [9.17, 15) is 14.3 Å². The molecule has 0 saturated heterocycles. The minimum absolute atomic E-state index is 0.00300. The van der Waals surface area contributed by atoms with Crippen molar-refractivity contribution in [3.63, 3.8) is 0 Å². The molecule has 0 bridgehead atoms. The highest BCUT2D eigenvalue weighted by molar-refractivity contribution is 7.84. The van der Waals surface area contributed by atoms with Crippen molar-refractivity contribution in [2.75, 3.05) is 12.8 Å². The van der Waals surface area contributed by atoms with Crippen LogP contribution in [0.2, 0.25) is 5.02 Å². The fourth-order valence-corrected chi connectivity index (χ4v) is 1.95. The lowest BCUT2D eigenvalue weighted by atomic mass is 10.2. The molecule has 0 spiro atoms. The fourth-order valence-electron chi connectivity index (χ4n) is 1.40. The fraction of sp³-hybridized carbons (Fsp3) is 0.455. The molecule has 0 radical (unpaired) electrons. The highest BCUT2D eigenvalue weighted by atomic mass is 35.5. The van der Waals surface area contributed by atoms with Gasteiger partial charge in [-0.3, -0.25) is 14.3 Å². The molecule has 0 fully saturated rings. The zero-order valence-corrected chi connectivity index (χ0v) is 11.8. The van der Waals surface area contributed by atoms with Crippen LogP contribution in [-0.2, 0) is 17.3 Å². The molecule has 1 aromatic rings. The van der Waals surface area contributed by atoms with Crippen molar-refractivity contribution in [3.8, 4) is 0 Å². The quantitative estimate of drug-likeness (QED) is 0.643. The van der Waals surface area contributed by atoms with Gasteiger partial charge in [0.25, 0.3) is 5.69 Å². The third kappa shape index (κ3) is 4.36. The van der Waals surface area contributed by atoms with Crippen molar-refractivity contribution in [2.24, 2.45) is 0 Å². The first-order valence-electron chi connectivity index (χ1n) is 5.37. The monoisotopic (exact) mass is 290 g/mol. The van der Waals surface area contributed by atoms with E-state index >= 15 is 0 Å². The Balaban J connectivity index is 2.69. The average molecular weight is 291 g/mol. The van der Waals surface area contributed by atoms with Crippen molar-refractivity contribution >= 4 is 28.1 Å². The topological polar surface area (TPSA) is 72.2 Å². The second-order valence-electron chi connectivity index (χ2n) is 3.97. The first-order chi connectivity index (χ1) is 8.41. The highest BCUT2D eigenvalue weighted by Crippen LogP contribution is 2.22. The first-order valence-corrected chi connectivity index (χ1v) is 7.37. The van der Waals surface area contributed by atoms with E-state index in [1.807, 2.05) is 6.92 Å². The lowest BCUT2D eigenvalue weighted by Crippen LogP contribution is -2.27. The number of hydrogen-bond donors (Lipinski definition) is 1. The van der Waals surface area contributed by atoms with Gasteiger partial charge in [0, 0.05) is 52.0 Å². The normalized spacial score (nSPS) is 14.2. The summed E-state index contributed by atoms with van der Waals surface area (Å²) in [6, 6.07) is 4.45. The van der Waals surface area contributed by atoms with E-state index in [1.165, 1.54) is 12.1 Å². The maximum atomic E-state index is 11.2. The van der Waals surface area contributed by atoms with Gasteiger partial charge in [-0.1, -0.05) is 11.6 Å². The van der Waals surface area contributed by atoms with Crippen LogP contribution in [0.3, 0.4) is 0 Å². The summed E-state index contributed by atoms with van der Waals surface area (Å²) in [4.78, 5) is 10.4. The number of nitrogens with zero attached hydrogens (tertiary/aromatic N) is 1. The second-order valence-corrected chi connectivity index (χ2v) is 6.21. The third-order valence-electron chi connectivity index (χ3n) is 2.55. The van der Waals surface area contributed by atoms with Gasteiger partial charge in [0.15, 0.2) is 0 Å². The predicted molar refractivity (Wildman–Crippen MR) is 73.3 cm³/mol. The van der Waals surface area contributed by atoms with Gasteiger partial charge in [-0.05, 0) is 19.1 Å². The Morgan fingerprint density at radius 1 is 1.56 bits per heavy atom. The van der Waals surface area contributed by atoms with E-state index < -0.39 is 15.7 Å². The molecule has 0 aliphatic carbocycles. The summed E-state index contributed by atoms with van der Waals surface area (Å²) in [6.45, 7) is 2.72. The number of rotatable bonds is 6. The summed E-state index contributed by atoms with van der Waals surface area (Å²) in [7, 11) is -0.909. The molecular formula is C11H15ClN2O3S. The van der Waals surface area contributed by atoms with Gasteiger partial charge in [-0.2, -0.15) is 0 Å². The largest absolute Gasteiger partial charge is 0.311 e. The Morgan fingerprint density at radius 2 is 2.22 bits per heavy atom. The second kappa shape index (κ2) is 6.82. The molecule has 0 heterocycles. The summed E-state index contributed by atoms with van der Waals surface area (Å²) < 4.78 is 11.2. The van der Waals surface area contributed by atoms with Crippen molar-refractivity contribution in [1.29, 1.82) is 0 Å². The molecule has 18 heavy (non-hydrogen) atoms. The SMILES string of the molecule is CC(CNCc1cc(Cl)ccc1[N+](=O)[O-])S(C)=O. The minimum atomic E-state index is -0.909. The molecular weight excluding hydrogens is 276 g/mol. The number of nitrogens with one attached hydrogen (secondary N) is 1. The molecule has 0 aliphatic heterocycles. The molecule has 2 atom stereocenters. The Labute approximate surface area is 113 Å². The molecule has 0 aliphatic rings. The van der Waals surface area contributed by atoms with Crippen molar-refractivity contribution < 1.29 is 9.13 Å². The number of nitro benzene ring substituents is 1. The van der Waals surface area contributed by atoms with Crippen LogP contribution in [0, 0.1) is 10.1 Å². The van der Waals surface area contributed by atoms with Gasteiger partial charge in [-0.15, -0.1) is 0 Å². The molecule has 1 rings (SSSR count). The Kier molecular flexibility index (Phi) is 5.71. The molecule has 1 aromatic carbocycles. The lowest BCUT2D eigenvalue weighted by Gasteiger charge is -2.10. The molecule has 2 unspecified atom stereocenters. The van der Waals surface area contributed by atoms with Crippen LogP contribution in [0.15, 0.2) is 18.2 Å². The van der Waals surface area contributed by atoms with Gasteiger partial charge in [-0.25, -0.2) is 0 Å². The van der Waals surface area contributed by atoms with E-state index in [1.54, 1.807) is 12.3 Å². The van der Waals surface area contributed by atoms with Crippen LogP contribution >= 0.6 is 11.6 Å². The molecule has 0 amide bonds. The maximum absolute atomic E-state index is 11.2. The Morgan fingerprint density at radius 3 is 2.78 bits per heavy atom.